The molecule has 2 fully saturated rings. The minimum Gasteiger partial charge on any atom is -0.507 e. The topological polar surface area (TPSA) is 52.6 Å². The molecule has 1 aliphatic carbocycles. The minimum atomic E-state index is -0.175. The number of rotatable bonds is 6. The Balaban J connectivity index is 1.54. The van der Waals surface area contributed by atoms with Crippen LogP contribution in [0.3, 0.4) is 0 Å². The van der Waals surface area contributed by atoms with Crippen molar-refractivity contribution in [3.63, 3.8) is 0 Å². The summed E-state index contributed by atoms with van der Waals surface area (Å²) in [4.78, 5) is 15.2. The van der Waals surface area contributed by atoms with Gasteiger partial charge in [-0.05, 0) is 63.0 Å². The van der Waals surface area contributed by atoms with Gasteiger partial charge in [0.05, 0.1) is 5.56 Å². The molecule has 1 amide bonds. The Morgan fingerprint density at radius 3 is 2.78 bits per heavy atom. The van der Waals surface area contributed by atoms with Crippen LogP contribution in [0.2, 0.25) is 0 Å². The lowest BCUT2D eigenvalue weighted by Crippen LogP contribution is -2.54. The number of phenolic OH excluding ortho intramolecular Hbond substituents is 1. The van der Waals surface area contributed by atoms with Crippen LogP contribution >= 0.6 is 0 Å². The summed E-state index contributed by atoms with van der Waals surface area (Å²) >= 11 is 0. The molecule has 3 rings (SSSR count). The number of phenols is 1. The highest BCUT2D eigenvalue weighted by Gasteiger charge is 2.38. The third-order valence-electron chi connectivity index (χ3n) is 6.60. The van der Waals surface area contributed by atoms with Crippen LogP contribution in [0.25, 0.3) is 0 Å². The van der Waals surface area contributed by atoms with E-state index in [9.17, 15) is 9.90 Å². The Morgan fingerprint density at radius 2 is 2.00 bits per heavy atom. The summed E-state index contributed by atoms with van der Waals surface area (Å²) < 4.78 is 0. The summed E-state index contributed by atoms with van der Waals surface area (Å²) in [5.41, 5.74) is 1.36. The third kappa shape index (κ3) is 4.84. The number of likely N-dealkylation sites (tertiary alicyclic amines) is 1. The van der Waals surface area contributed by atoms with Crippen molar-refractivity contribution in [1.82, 2.24) is 10.2 Å². The van der Waals surface area contributed by atoms with Crippen molar-refractivity contribution in [2.75, 3.05) is 13.1 Å². The number of aromatic hydroxyl groups is 1. The van der Waals surface area contributed by atoms with E-state index in [1.165, 1.54) is 38.5 Å². The first-order valence-electron chi connectivity index (χ1n) is 10.8. The molecule has 1 saturated heterocycles. The highest BCUT2D eigenvalue weighted by atomic mass is 16.3. The lowest BCUT2D eigenvalue weighted by atomic mass is 9.74. The van der Waals surface area contributed by atoms with Gasteiger partial charge in [0.2, 0.25) is 0 Å². The Morgan fingerprint density at radius 1 is 1.22 bits per heavy atom. The SMILES string of the molecule is Cc1ccc(O)c(C(=O)NCCCN2C(C(C)C)CC[C@@H]3CCCC[C@@H]32)c1. The number of nitrogens with zero attached hydrogens (tertiary/aromatic N) is 1. The molecule has 0 bridgehead atoms. The third-order valence-corrected chi connectivity index (χ3v) is 6.60. The van der Waals surface area contributed by atoms with E-state index in [1.54, 1.807) is 12.1 Å². The summed E-state index contributed by atoms with van der Waals surface area (Å²) in [6.07, 6.45) is 9.19. The molecule has 1 aromatic carbocycles. The number of benzene rings is 1. The maximum atomic E-state index is 12.4. The predicted octanol–water partition coefficient (Wildman–Crippen LogP) is 4.50. The van der Waals surface area contributed by atoms with Gasteiger partial charge < -0.3 is 10.4 Å². The maximum absolute atomic E-state index is 12.4. The fraction of sp³-hybridized carbons (Fsp3) is 0.696. The van der Waals surface area contributed by atoms with Crippen molar-refractivity contribution in [1.29, 1.82) is 0 Å². The molecule has 1 unspecified atom stereocenters. The van der Waals surface area contributed by atoms with Crippen LogP contribution in [-0.2, 0) is 0 Å². The van der Waals surface area contributed by atoms with Crippen LogP contribution in [-0.4, -0.2) is 41.1 Å². The van der Waals surface area contributed by atoms with Gasteiger partial charge in [0.15, 0.2) is 0 Å². The highest BCUT2D eigenvalue weighted by molar-refractivity contribution is 5.96. The molecule has 1 aliphatic heterocycles. The molecule has 1 aromatic rings. The molecule has 1 saturated carbocycles. The van der Waals surface area contributed by atoms with Gasteiger partial charge in [0, 0.05) is 25.2 Å². The van der Waals surface area contributed by atoms with Crippen molar-refractivity contribution in [3.8, 4) is 5.75 Å². The van der Waals surface area contributed by atoms with Gasteiger partial charge in [-0.3, -0.25) is 9.69 Å². The summed E-state index contributed by atoms with van der Waals surface area (Å²) in [6, 6.07) is 6.58. The van der Waals surface area contributed by atoms with Gasteiger partial charge in [-0.25, -0.2) is 0 Å². The first kappa shape index (κ1) is 20.2. The van der Waals surface area contributed by atoms with Gasteiger partial charge in [0.1, 0.15) is 5.75 Å². The second kappa shape index (κ2) is 9.09. The first-order chi connectivity index (χ1) is 13.0. The van der Waals surface area contributed by atoms with Gasteiger partial charge in [-0.1, -0.05) is 38.3 Å². The van der Waals surface area contributed by atoms with Crippen molar-refractivity contribution < 1.29 is 9.90 Å². The zero-order valence-corrected chi connectivity index (χ0v) is 17.2. The fourth-order valence-electron chi connectivity index (χ4n) is 5.20. The van der Waals surface area contributed by atoms with E-state index in [2.05, 4.69) is 24.1 Å². The Labute approximate surface area is 164 Å². The van der Waals surface area contributed by atoms with Crippen molar-refractivity contribution >= 4 is 5.91 Å². The van der Waals surface area contributed by atoms with Gasteiger partial charge >= 0.3 is 0 Å². The monoisotopic (exact) mass is 372 g/mol. The van der Waals surface area contributed by atoms with Crippen LogP contribution in [0.5, 0.6) is 5.75 Å². The maximum Gasteiger partial charge on any atom is 0.255 e. The van der Waals surface area contributed by atoms with Gasteiger partial charge in [-0.15, -0.1) is 0 Å². The number of amides is 1. The van der Waals surface area contributed by atoms with E-state index >= 15 is 0 Å². The number of fused-ring (bicyclic) bond motifs is 1. The lowest BCUT2D eigenvalue weighted by molar-refractivity contribution is -0.00387. The number of nitrogens with one attached hydrogen (secondary N) is 1. The summed E-state index contributed by atoms with van der Waals surface area (Å²) in [5.74, 6) is 1.45. The molecule has 0 spiro atoms. The number of piperidine rings is 1. The standard InChI is InChI=1S/C23H36N2O2/c1-16(2)20-11-10-18-7-4-5-8-21(18)25(20)14-6-13-24-23(27)19-15-17(3)9-12-22(19)26/h9,12,15-16,18,20-21,26H,4-8,10-11,13-14H2,1-3H3,(H,24,27)/t18-,20?,21-/m0/s1. The molecule has 3 atom stereocenters. The summed E-state index contributed by atoms with van der Waals surface area (Å²) in [6.45, 7) is 8.35. The highest BCUT2D eigenvalue weighted by Crippen LogP contribution is 2.39. The van der Waals surface area contributed by atoms with Crippen LogP contribution in [0, 0.1) is 18.8 Å². The molecule has 27 heavy (non-hydrogen) atoms. The van der Waals surface area contributed by atoms with Crippen LogP contribution in [0.15, 0.2) is 18.2 Å². The molecule has 0 radical (unpaired) electrons. The van der Waals surface area contributed by atoms with Crippen LogP contribution in [0.4, 0.5) is 0 Å². The largest absolute Gasteiger partial charge is 0.507 e. The van der Waals surface area contributed by atoms with Gasteiger partial charge in [-0.2, -0.15) is 0 Å². The van der Waals surface area contributed by atoms with Crippen LogP contribution in [0.1, 0.15) is 74.7 Å². The average molecular weight is 373 g/mol. The number of aryl methyl sites for hydroxylation is 1. The van der Waals surface area contributed by atoms with Crippen molar-refractivity contribution in [2.24, 2.45) is 11.8 Å². The molecule has 4 nitrogen and oxygen atoms in total. The van der Waals surface area contributed by atoms with E-state index in [4.69, 9.17) is 0 Å². The number of hydrogen-bond acceptors (Lipinski definition) is 3. The van der Waals surface area contributed by atoms with Crippen LogP contribution < -0.4 is 5.32 Å². The van der Waals surface area contributed by atoms with E-state index < -0.39 is 0 Å². The smallest absolute Gasteiger partial charge is 0.255 e. The predicted molar refractivity (Wildman–Crippen MR) is 110 cm³/mol. The number of carbonyl (C=O) groups excluding carboxylic acids is 1. The molecule has 4 heteroatoms. The minimum absolute atomic E-state index is 0.0547. The number of carbonyl (C=O) groups is 1. The summed E-state index contributed by atoms with van der Waals surface area (Å²) in [5, 5.41) is 12.9. The molecule has 2 aliphatic rings. The summed E-state index contributed by atoms with van der Waals surface area (Å²) in [7, 11) is 0. The van der Waals surface area contributed by atoms with Gasteiger partial charge in [0.25, 0.3) is 5.91 Å². The molecule has 0 aromatic heterocycles. The Kier molecular flexibility index (Phi) is 6.80. The molecule has 150 valence electrons. The van der Waals surface area contributed by atoms with Crippen molar-refractivity contribution in [2.45, 2.75) is 77.8 Å². The lowest BCUT2D eigenvalue weighted by Gasteiger charge is -2.50. The quantitative estimate of drug-likeness (QED) is 0.723. The molecular formula is C23H36N2O2. The average Bonchev–Trinajstić information content (AvgIpc) is 2.66. The zero-order valence-electron chi connectivity index (χ0n) is 17.2. The molecule has 1 heterocycles. The van der Waals surface area contributed by atoms with E-state index in [0.29, 0.717) is 24.1 Å². The molecule has 2 N–H and O–H groups in total. The Bertz CT molecular complexity index is 643. The fourth-order valence-corrected chi connectivity index (χ4v) is 5.20. The van der Waals surface area contributed by atoms with E-state index in [0.717, 1.165) is 30.5 Å². The van der Waals surface area contributed by atoms with E-state index in [1.807, 2.05) is 13.0 Å². The molecular weight excluding hydrogens is 336 g/mol. The van der Waals surface area contributed by atoms with Crippen molar-refractivity contribution in [3.05, 3.63) is 29.3 Å². The normalized spacial score (nSPS) is 26.0. The first-order valence-corrected chi connectivity index (χ1v) is 10.8. The second-order valence-corrected chi connectivity index (χ2v) is 8.87. The zero-order chi connectivity index (χ0) is 19.4. The van der Waals surface area contributed by atoms with E-state index in [-0.39, 0.29) is 11.7 Å². The number of hydrogen-bond donors (Lipinski definition) is 2. The Hall–Kier alpha value is -1.55. The second-order valence-electron chi connectivity index (χ2n) is 8.87.